The van der Waals surface area contributed by atoms with Crippen molar-refractivity contribution in [1.82, 2.24) is 20.3 Å². The Hall–Kier alpha value is -1.47. The Morgan fingerprint density at radius 1 is 1.70 bits per heavy atom. The third kappa shape index (κ3) is 4.28. The largest absolute Gasteiger partial charge is 0.376 e. The molecule has 0 aliphatic carbocycles. The molecule has 2 rings (SSSR count). The molecule has 2 atom stereocenters. The highest BCUT2D eigenvalue weighted by Crippen LogP contribution is 2.12. The summed E-state index contributed by atoms with van der Waals surface area (Å²) in [5.74, 6) is -0.0824. The van der Waals surface area contributed by atoms with Gasteiger partial charge in [-0.2, -0.15) is 0 Å². The van der Waals surface area contributed by atoms with E-state index in [4.69, 9.17) is 10.5 Å². The summed E-state index contributed by atoms with van der Waals surface area (Å²) >= 11 is 0. The van der Waals surface area contributed by atoms with Gasteiger partial charge in [-0.1, -0.05) is 18.6 Å². The van der Waals surface area contributed by atoms with Gasteiger partial charge in [0.1, 0.15) is 6.54 Å². The lowest BCUT2D eigenvalue weighted by Gasteiger charge is -2.10. The Kier molecular flexibility index (Phi) is 5.49. The molecule has 1 saturated heterocycles. The first-order valence-corrected chi connectivity index (χ1v) is 7.23. The van der Waals surface area contributed by atoms with Crippen molar-refractivity contribution < 1.29 is 9.53 Å². The predicted octanol–water partition coefficient (Wildman–Crippen LogP) is 0.373. The zero-order valence-corrected chi connectivity index (χ0v) is 11.9. The highest BCUT2D eigenvalue weighted by atomic mass is 16.5. The van der Waals surface area contributed by atoms with Crippen LogP contribution in [0.25, 0.3) is 0 Å². The molecule has 20 heavy (non-hydrogen) atoms. The van der Waals surface area contributed by atoms with E-state index in [1.165, 1.54) is 4.68 Å². The van der Waals surface area contributed by atoms with Crippen molar-refractivity contribution in [2.45, 2.75) is 51.3 Å². The summed E-state index contributed by atoms with van der Waals surface area (Å²) in [7, 11) is 0. The Balaban J connectivity index is 1.76. The van der Waals surface area contributed by atoms with Gasteiger partial charge in [0.15, 0.2) is 0 Å². The van der Waals surface area contributed by atoms with Gasteiger partial charge in [0.25, 0.3) is 0 Å². The molecule has 1 amide bonds. The summed E-state index contributed by atoms with van der Waals surface area (Å²) in [5.41, 5.74) is 6.69. The minimum absolute atomic E-state index is 0.0824. The number of hydrogen-bond acceptors (Lipinski definition) is 5. The van der Waals surface area contributed by atoms with Gasteiger partial charge in [-0.25, -0.2) is 4.68 Å². The second kappa shape index (κ2) is 7.35. The third-order valence-corrected chi connectivity index (χ3v) is 3.39. The van der Waals surface area contributed by atoms with Crippen LogP contribution in [0, 0.1) is 0 Å². The van der Waals surface area contributed by atoms with Crippen LogP contribution in [0.5, 0.6) is 0 Å². The normalized spacial score (nSPS) is 20.0. The minimum atomic E-state index is -0.108. The van der Waals surface area contributed by atoms with Gasteiger partial charge >= 0.3 is 0 Å². The van der Waals surface area contributed by atoms with Crippen LogP contribution in [0.15, 0.2) is 6.20 Å². The molecule has 3 N–H and O–H groups in total. The topological polar surface area (TPSA) is 95.1 Å². The Bertz CT molecular complexity index is 428. The molecule has 1 aliphatic heterocycles. The van der Waals surface area contributed by atoms with E-state index >= 15 is 0 Å². The number of carbonyl (C=O) groups is 1. The third-order valence-electron chi connectivity index (χ3n) is 3.39. The fraction of sp³-hybridized carbons (Fsp3) is 0.769. The molecule has 7 heteroatoms. The van der Waals surface area contributed by atoms with E-state index in [1.54, 1.807) is 6.20 Å². The molecule has 112 valence electrons. The monoisotopic (exact) mass is 281 g/mol. The standard InChI is InChI=1S/C13H23N5O2/c1-2-4-11(14)12-8-18(17-16-12)9-13(19)15-7-10-5-3-6-20-10/h8,10-11H,2-7,9,14H2,1H3,(H,15,19). The van der Waals surface area contributed by atoms with Crippen molar-refractivity contribution in [3.05, 3.63) is 11.9 Å². The summed E-state index contributed by atoms with van der Waals surface area (Å²) in [6.07, 6.45) is 5.84. The second-order valence-electron chi connectivity index (χ2n) is 5.18. The molecule has 7 nitrogen and oxygen atoms in total. The Labute approximate surface area is 118 Å². The van der Waals surface area contributed by atoms with Gasteiger partial charge in [-0.05, 0) is 19.3 Å². The lowest BCUT2D eigenvalue weighted by molar-refractivity contribution is -0.122. The highest BCUT2D eigenvalue weighted by Gasteiger charge is 2.16. The number of hydrogen-bond donors (Lipinski definition) is 2. The average Bonchev–Trinajstić information content (AvgIpc) is 3.07. The first-order chi connectivity index (χ1) is 9.69. The van der Waals surface area contributed by atoms with Crippen molar-refractivity contribution >= 4 is 5.91 Å². The predicted molar refractivity (Wildman–Crippen MR) is 73.8 cm³/mol. The minimum Gasteiger partial charge on any atom is -0.376 e. The van der Waals surface area contributed by atoms with Crippen LogP contribution < -0.4 is 11.1 Å². The van der Waals surface area contributed by atoms with Crippen molar-refractivity contribution in [1.29, 1.82) is 0 Å². The van der Waals surface area contributed by atoms with E-state index in [1.807, 2.05) is 0 Å². The Morgan fingerprint density at radius 2 is 2.55 bits per heavy atom. The van der Waals surface area contributed by atoms with Crippen LogP contribution in [0.1, 0.15) is 44.3 Å². The number of nitrogens with zero attached hydrogens (tertiary/aromatic N) is 3. The Morgan fingerprint density at radius 3 is 3.25 bits per heavy atom. The van der Waals surface area contributed by atoms with Crippen LogP contribution in [0.2, 0.25) is 0 Å². The van der Waals surface area contributed by atoms with E-state index in [2.05, 4.69) is 22.6 Å². The first kappa shape index (κ1) is 14.9. The molecule has 2 unspecified atom stereocenters. The number of nitrogens with two attached hydrogens (primary N) is 1. The molecule has 0 bridgehead atoms. The van der Waals surface area contributed by atoms with Crippen LogP contribution in [0.4, 0.5) is 0 Å². The SMILES string of the molecule is CCCC(N)c1cn(CC(=O)NCC2CCCO2)nn1. The molecule has 2 heterocycles. The zero-order valence-electron chi connectivity index (χ0n) is 11.9. The van der Waals surface area contributed by atoms with Gasteiger partial charge in [0, 0.05) is 13.2 Å². The lowest BCUT2D eigenvalue weighted by atomic mass is 10.1. The summed E-state index contributed by atoms with van der Waals surface area (Å²) in [6, 6.07) is -0.108. The van der Waals surface area contributed by atoms with E-state index in [-0.39, 0.29) is 24.6 Å². The first-order valence-electron chi connectivity index (χ1n) is 7.23. The van der Waals surface area contributed by atoms with Crippen molar-refractivity contribution in [2.24, 2.45) is 5.73 Å². The average molecular weight is 281 g/mol. The maximum atomic E-state index is 11.8. The van der Waals surface area contributed by atoms with Gasteiger partial charge in [0.2, 0.25) is 5.91 Å². The summed E-state index contributed by atoms with van der Waals surface area (Å²) < 4.78 is 6.97. The van der Waals surface area contributed by atoms with Crippen molar-refractivity contribution in [3.63, 3.8) is 0 Å². The molecule has 0 aromatic carbocycles. The number of nitrogens with one attached hydrogen (secondary N) is 1. The van der Waals surface area contributed by atoms with E-state index < -0.39 is 0 Å². The molecular formula is C13H23N5O2. The maximum Gasteiger partial charge on any atom is 0.241 e. The van der Waals surface area contributed by atoms with E-state index in [9.17, 15) is 4.79 Å². The molecule has 1 aromatic heterocycles. The quantitative estimate of drug-likeness (QED) is 0.753. The molecule has 0 radical (unpaired) electrons. The van der Waals surface area contributed by atoms with Gasteiger partial charge < -0.3 is 15.8 Å². The molecule has 1 fully saturated rings. The van der Waals surface area contributed by atoms with E-state index in [0.717, 1.165) is 38.0 Å². The van der Waals surface area contributed by atoms with Gasteiger partial charge in [0.05, 0.1) is 24.0 Å². The molecule has 0 saturated carbocycles. The van der Waals surface area contributed by atoms with E-state index in [0.29, 0.717) is 6.54 Å². The fourth-order valence-electron chi connectivity index (χ4n) is 2.26. The van der Waals surface area contributed by atoms with Crippen molar-refractivity contribution in [3.8, 4) is 0 Å². The fourth-order valence-corrected chi connectivity index (χ4v) is 2.26. The second-order valence-corrected chi connectivity index (χ2v) is 5.18. The van der Waals surface area contributed by atoms with Crippen LogP contribution in [0.3, 0.4) is 0 Å². The number of aromatic nitrogens is 3. The van der Waals surface area contributed by atoms with Crippen molar-refractivity contribution in [2.75, 3.05) is 13.2 Å². The smallest absolute Gasteiger partial charge is 0.241 e. The molecule has 1 aliphatic rings. The summed E-state index contributed by atoms with van der Waals surface area (Å²) in [4.78, 5) is 11.8. The number of carbonyl (C=O) groups excluding carboxylic acids is 1. The summed E-state index contributed by atoms with van der Waals surface area (Å²) in [5, 5.41) is 10.8. The highest BCUT2D eigenvalue weighted by molar-refractivity contribution is 5.75. The number of ether oxygens (including phenoxy) is 1. The maximum absolute atomic E-state index is 11.8. The zero-order chi connectivity index (χ0) is 14.4. The van der Waals surface area contributed by atoms with Gasteiger partial charge in [-0.3, -0.25) is 4.79 Å². The molecule has 1 aromatic rings. The lowest BCUT2D eigenvalue weighted by Crippen LogP contribution is -2.34. The van der Waals surface area contributed by atoms with Crippen LogP contribution in [-0.2, 0) is 16.1 Å². The number of rotatable bonds is 7. The van der Waals surface area contributed by atoms with Crippen LogP contribution in [-0.4, -0.2) is 40.2 Å². The molecular weight excluding hydrogens is 258 g/mol. The summed E-state index contributed by atoms with van der Waals surface area (Å²) in [6.45, 7) is 3.60. The van der Waals surface area contributed by atoms with Crippen LogP contribution >= 0.6 is 0 Å². The molecule has 0 spiro atoms. The number of amides is 1. The van der Waals surface area contributed by atoms with Gasteiger partial charge in [-0.15, -0.1) is 5.10 Å².